The van der Waals surface area contributed by atoms with Crippen molar-refractivity contribution in [3.05, 3.63) is 0 Å². The molecular weight excluding hydrogens is 224 g/mol. The van der Waals surface area contributed by atoms with Crippen LogP contribution in [0.4, 0.5) is 0 Å². The first-order chi connectivity index (χ1) is 7.45. The van der Waals surface area contributed by atoms with E-state index in [1.165, 1.54) is 58.3 Å². The number of ether oxygens (including phenoxy) is 1. The average molecular weight is 249 g/mol. The molecule has 2 fully saturated rings. The van der Waals surface area contributed by atoms with Crippen molar-refractivity contribution in [3.63, 3.8) is 0 Å². The van der Waals surface area contributed by atoms with Crippen LogP contribution in [0.5, 0.6) is 0 Å². The van der Waals surface area contributed by atoms with Gasteiger partial charge in [-0.2, -0.15) is 0 Å². The highest BCUT2D eigenvalue weighted by Gasteiger charge is 2.15. The van der Waals surface area contributed by atoms with Crippen LogP contribution in [-0.4, -0.2) is 50.3 Å². The summed E-state index contributed by atoms with van der Waals surface area (Å²) in [5.74, 6) is 0. The van der Waals surface area contributed by atoms with Crippen LogP contribution in [0.25, 0.3) is 0 Å². The lowest BCUT2D eigenvalue weighted by molar-refractivity contribution is 0.00583. The molecule has 0 aliphatic carbocycles. The fraction of sp³-hybridized carbons (Fsp3) is 1.00. The van der Waals surface area contributed by atoms with Gasteiger partial charge >= 0.3 is 0 Å². The Balaban J connectivity index is 0.00000128. The molecule has 0 aromatic heterocycles. The van der Waals surface area contributed by atoms with E-state index < -0.39 is 0 Å². The molecule has 2 aliphatic rings. The lowest BCUT2D eigenvalue weighted by atomic mass is 10.1. The van der Waals surface area contributed by atoms with Gasteiger partial charge in [-0.3, -0.25) is 0 Å². The first kappa shape index (κ1) is 14.2. The zero-order valence-electron chi connectivity index (χ0n) is 10.1. The molecule has 0 bridgehead atoms. The van der Waals surface area contributed by atoms with E-state index in [0.29, 0.717) is 6.10 Å². The van der Waals surface area contributed by atoms with E-state index in [0.717, 1.165) is 13.2 Å². The Hall–Kier alpha value is 0.170. The quantitative estimate of drug-likeness (QED) is 0.822. The van der Waals surface area contributed by atoms with Crippen molar-refractivity contribution < 1.29 is 4.74 Å². The van der Waals surface area contributed by atoms with Gasteiger partial charge in [0.2, 0.25) is 0 Å². The highest BCUT2D eigenvalue weighted by molar-refractivity contribution is 5.85. The largest absolute Gasteiger partial charge is 0.378 e. The van der Waals surface area contributed by atoms with E-state index >= 15 is 0 Å². The Bertz CT molecular complexity index is 166. The maximum atomic E-state index is 5.76. The van der Waals surface area contributed by atoms with E-state index in [1.54, 1.807) is 0 Å². The van der Waals surface area contributed by atoms with Crippen LogP contribution >= 0.6 is 12.4 Å². The summed E-state index contributed by atoms with van der Waals surface area (Å²) in [6, 6.07) is 0. The fourth-order valence-electron chi connectivity index (χ4n) is 2.49. The topological polar surface area (TPSA) is 24.5 Å². The van der Waals surface area contributed by atoms with Gasteiger partial charge in [-0.25, -0.2) is 0 Å². The Kier molecular flexibility index (Phi) is 7.37. The predicted molar refractivity (Wildman–Crippen MR) is 69.4 cm³/mol. The molecule has 2 heterocycles. The summed E-state index contributed by atoms with van der Waals surface area (Å²) in [5.41, 5.74) is 0. The van der Waals surface area contributed by atoms with Crippen LogP contribution < -0.4 is 5.32 Å². The minimum Gasteiger partial charge on any atom is -0.378 e. The van der Waals surface area contributed by atoms with Crippen LogP contribution in [0.3, 0.4) is 0 Å². The zero-order chi connectivity index (χ0) is 10.3. The zero-order valence-corrected chi connectivity index (χ0v) is 10.9. The van der Waals surface area contributed by atoms with Crippen molar-refractivity contribution in [3.8, 4) is 0 Å². The maximum absolute atomic E-state index is 5.76. The minimum atomic E-state index is 0. The summed E-state index contributed by atoms with van der Waals surface area (Å²) >= 11 is 0. The van der Waals surface area contributed by atoms with Crippen molar-refractivity contribution >= 4 is 12.4 Å². The fourth-order valence-corrected chi connectivity index (χ4v) is 2.49. The highest BCUT2D eigenvalue weighted by Crippen LogP contribution is 2.16. The van der Waals surface area contributed by atoms with Gasteiger partial charge in [0.05, 0.1) is 6.10 Å². The second-order valence-corrected chi connectivity index (χ2v) is 4.72. The molecule has 0 aromatic rings. The van der Waals surface area contributed by atoms with E-state index in [1.807, 2.05) is 0 Å². The summed E-state index contributed by atoms with van der Waals surface area (Å²) in [4.78, 5) is 2.58. The van der Waals surface area contributed by atoms with E-state index in [9.17, 15) is 0 Å². The molecule has 2 saturated heterocycles. The molecule has 16 heavy (non-hydrogen) atoms. The maximum Gasteiger partial charge on any atom is 0.0587 e. The van der Waals surface area contributed by atoms with Crippen molar-refractivity contribution in [2.45, 2.75) is 38.2 Å². The Morgan fingerprint density at radius 1 is 1.12 bits per heavy atom. The SMILES string of the molecule is C1CCC(CCN2CCCNCC2)OC1.Cl. The number of halogens is 1. The summed E-state index contributed by atoms with van der Waals surface area (Å²) in [5, 5.41) is 3.44. The van der Waals surface area contributed by atoms with Crippen LogP contribution in [0.2, 0.25) is 0 Å². The van der Waals surface area contributed by atoms with Crippen molar-refractivity contribution in [2.75, 3.05) is 39.3 Å². The van der Waals surface area contributed by atoms with E-state index in [4.69, 9.17) is 4.74 Å². The molecule has 4 heteroatoms. The van der Waals surface area contributed by atoms with Gasteiger partial charge in [0.15, 0.2) is 0 Å². The summed E-state index contributed by atoms with van der Waals surface area (Å²) < 4.78 is 5.76. The number of hydrogen-bond acceptors (Lipinski definition) is 3. The van der Waals surface area contributed by atoms with E-state index in [-0.39, 0.29) is 12.4 Å². The monoisotopic (exact) mass is 248 g/mol. The van der Waals surface area contributed by atoms with Crippen LogP contribution in [0.15, 0.2) is 0 Å². The Morgan fingerprint density at radius 3 is 2.88 bits per heavy atom. The predicted octanol–water partition coefficient (Wildman–Crippen LogP) is 1.66. The van der Waals surface area contributed by atoms with Crippen molar-refractivity contribution in [1.82, 2.24) is 10.2 Å². The number of nitrogens with one attached hydrogen (secondary N) is 1. The molecule has 1 N–H and O–H groups in total. The van der Waals surface area contributed by atoms with Gasteiger partial charge in [0.1, 0.15) is 0 Å². The molecule has 0 aromatic carbocycles. The molecule has 0 spiro atoms. The summed E-state index contributed by atoms with van der Waals surface area (Å²) in [6.07, 6.45) is 7.00. The molecule has 1 unspecified atom stereocenters. The second-order valence-electron chi connectivity index (χ2n) is 4.72. The molecule has 1 atom stereocenters. The van der Waals surface area contributed by atoms with Gasteiger partial charge in [-0.05, 0) is 45.2 Å². The third kappa shape index (κ3) is 5.00. The first-order valence-corrected chi connectivity index (χ1v) is 6.50. The van der Waals surface area contributed by atoms with Crippen LogP contribution in [0.1, 0.15) is 32.1 Å². The molecular formula is C12H25ClN2O. The summed E-state index contributed by atoms with van der Waals surface area (Å²) in [7, 11) is 0. The van der Waals surface area contributed by atoms with Gasteiger partial charge < -0.3 is 15.0 Å². The molecule has 0 radical (unpaired) electrons. The third-order valence-corrected chi connectivity index (χ3v) is 3.47. The molecule has 2 aliphatic heterocycles. The van der Waals surface area contributed by atoms with Gasteiger partial charge in [-0.1, -0.05) is 0 Å². The number of nitrogens with zero attached hydrogens (tertiary/aromatic N) is 1. The van der Waals surface area contributed by atoms with Crippen LogP contribution in [-0.2, 0) is 4.74 Å². The summed E-state index contributed by atoms with van der Waals surface area (Å²) in [6.45, 7) is 7.05. The second kappa shape index (κ2) is 8.29. The van der Waals surface area contributed by atoms with Gasteiger partial charge in [0, 0.05) is 26.2 Å². The Morgan fingerprint density at radius 2 is 2.06 bits per heavy atom. The molecule has 0 saturated carbocycles. The van der Waals surface area contributed by atoms with Crippen molar-refractivity contribution in [2.24, 2.45) is 0 Å². The van der Waals surface area contributed by atoms with Gasteiger partial charge in [0.25, 0.3) is 0 Å². The van der Waals surface area contributed by atoms with E-state index in [2.05, 4.69) is 10.2 Å². The normalized spacial score (nSPS) is 28.1. The lowest BCUT2D eigenvalue weighted by Gasteiger charge is -2.26. The number of rotatable bonds is 3. The highest BCUT2D eigenvalue weighted by atomic mass is 35.5. The van der Waals surface area contributed by atoms with Crippen molar-refractivity contribution in [1.29, 1.82) is 0 Å². The Labute approximate surface area is 105 Å². The van der Waals surface area contributed by atoms with Gasteiger partial charge in [-0.15, -0.1) is 12.4 Å². The third-order valence-electron chi connectivity index (χ3n) is 3.47. The molecule has 96 valence electrons. The number of hydrogen-bond donors (Lipinski definition) is 1. The smallest absolute Gasteiger partial charge is 0.0587 e. The first-order valence-electron chi connectivity index (χ1n) is 6.50. The van der Waals surface area contributed by atoms with Crippen LogP contribution in [0, 0.1) is 0 Å². The lowest BCUT2D eigenvalue weighted by Crippen LogP contribution is -2.32. The average Bonchev–Trinajstić information content (AvgIpc) is 2.56. The molecule has 0 amide bonds. The minimum absolute atomic E-state index is 0. The standard InChI is InChI=1S/C12H24N2O.ClH/c1-2-11-15-12(4-1)5-9-14-8-3-6-13-7-10-14;/h12-13H,1-11H2;1H. The molecule has 2 rings (SSSR count). The molecule has 3 nitrogen and oxygen atoms in total.